The van der Waals surface area contributed by atoms with Gasteiger partial charge in [0.2, 0.25) is 0 Å². The average molecular weight is 274 g/mol. The SMILES string of the molecule is CC(C)NC(=O)c1cccc(NC(C)CC2CCC2)c1. The number of amides is 1. The fraction of sp³-hybridized carbons (Fsp3) is 0.588. The molecule has 1 fully saturated rings. The summed E-state index contributed by atoms with van der Waals surface area (Å²) in [6, 6.07) is 8.39. The van der Waals surface area contributed by atoms with Crippen LogP contribution in [0.25, 0.3) is 0 Å². The first-order chi connectivity index (χ1) is 9.54. The minimum absolute atomic E-state index is 0.00436. The van der Waals surface area contributed by atoms with Gasteiger partial charge < -0.3 is 10.6 Å². The molecule has 0 spiro atoms. The minimum atomic E-state index is -0.00436. The predicted octanol–water partition coefficient (Wildman–Crippen LogP) is 3.82. The van der Waals surface area contributed by atoms with Crippen LogP contribution >= 0.6 is 0 Å². The summed E-state index contributed by atoms with van der Waals surface area (Å²) in [6.45, 7) is 6.17. The topological polar surface area (TPSA) is 41.1 Å². The van der Waals surface area contributed by atoms with E-state index in [0.717, 1.165) is 17.2 Å². The van der Waals surface area contributed by atoms with E-state index < -0.39 is 0 Å². The summed E-state index contributed by atoms with van der Waals surface area (Å²) in [4.78, 5) is 12.0. The summed E-state index contributed by atoms with van der Waals surface area (Å²) in [6.07, 6.45) is 5.37. The Balaban J connectivity index is 1.92. The molecule has 0 saturated heterocycles. The van der Waals surface area contributed by atoms with E-state index in [1.54, 1.807) is 0 Å². The van der Waals surface area contributed by atoms with Crippen molar-refractivity contribution < 1.29 is 4.79 Å². The Bertz CT molecular complexity index is 452. The van der Waals surface area contributed by atoms with Gasteiger partial charge in [0.05, 0.1) is 0 Å². The molecule has 1 atom stereocenters. The predicted molar refractivity (Wildman–Crippen MR) is 84.1 cm³/mol. The number of rotatable bonds is 6. The number of carbonyl (C=O) groups excluding carboxylic acids is 1. The summed E-state index contributed by atoms with van der Waals surface area (Å²) in [7, 11) is 0. The molecular formula is C17H26N2O. The highest BCUT2D eigenvalue weighted by molar-refractivity contribution is 5.95. The van der Waals surface area contributed by atoms with E-state index in [0.29, 0.717) is 6.04 Å². The lowest BCUT2D eigenvalue weighted by molar-refractivity contribution is 0.0943. The molecule has 3 heteroatoms. The molecule has 110 valence electrons. The zero-order valence-electron chi connectivity index (χ0n) is 12.8. The Morgan fingerprint density at radius 2 is 2.05 bits per heavy atom. The Morgan fingerprint density at radius 1 is 1.30 bits per heavy atom. The number of hydrogen-bond acceptors (Lipinski definition) is 2. The Kier molecular flexibility index (Phi) is 5.05. The van der Waals surface area contributed by atoms with Crippen LogP contribution in [0.4, 0.5) is 5.69 Å². The average Bonchev–Trinajstić information content (AvgIpc) is 2.33. The summed E-state index contributed by atoms with van der Waals surface area (Å²) < 4.78 is 0. The van der Waals surface area contributed by atoms with Gasteiger partial charge in [-0.1, -0.05) is 25.3 Å². The molecule has 0 radical (unpaired) electrons. The molecule has 2 rings (SSSR count). The highest BCUT2D eigenvalue weighted by Crippen LogP contribution is 2.31. The number of carbonyl (C=O) groups is 1. The highest BCUT2D eigenvalue weighted by atomic mass is 16.1. The molecule has 1 aliphatic carbocycles. The van der Waals surface area contributed by atoms with Crippen LogP contribution in [-0.4, -0.2) is 18.0 Å². The molecule has 0 bridgehead atoms. The summed E-state index contributed by atoms with van der Waals surface area (Å²) in [5.41, 5.74) is 1.76. The third-order valence-electron chi connectivity index (χ3n) is 3.87. The van der Waals surface area contributed by atoms with Gasteiger partial charge in [0, 0.05) is 23.3 Å². The van der Waals surface area contributed by atoms with Gasteiger partial charge in [0.25, 0.3) is 5.91 Å². The van der Waals surface area contributed by atoms with Crippen LogP contribution in [-0.2, 0) is 0 Å². The second-order valence-corrected chi connectivity index (χ2v) is 6.29. The van der Waals surface area contributed by atoms with Crippen molar-refractivity contribution in [2.45, 2.75) is 58.5 Å². The van der Waals surface area contributed by atoms with Gasteiger partial charge in [0.1, 0.15) is 0 Å². The standard InChI is InChI=1S/C17H26N2O/c1-12(2)18-17(20)15-8-5-9-16(11-15)19-13(3)10-14-6-4-7-14/h5,8-9,11-14,19H,4,6-7,10H2,1-3H3,(H,18,20). The molecule has 1 aromatic carbocycles. The largest absolute Gasteiger partial charge is 0.383 e. The van der Waals surface area contributed by atoms with Crippen LogP contribution in [0.15, 0.2) is 24.3 Å². The molecule has 0 aromatic heterocycles. The molecular weight excluding hydrogens is 248 g/mol. The van der Waals surface area contributed by atoms with Crippen LogP contribution in [0.1, 0.15) is 56.8 Å². The minimum Gasteiger partial charge on any atom is -0.383 e. The van der Waals surface area contributed by atoms with Crippen molar-refractivity contribution in [3.8, 4) is 0 Å². The van der Waals surface area contributed by atoms with Crippen molar-refractivity contribution in [3.05, 3.63) is 29.8 Å². The number of nitrogens with one attached hydrogen (secondary N) is 2. The van der Waals surface area contributed by atoms with Crippen molar-refractivity contribution in [1.82, 2.24) is 5.32 Å². The molecule has 20 heavy (non-hydrogen) atoms. The lowest BCUT2D eigenvalue weighted by Gasteiger charge is -2.29. The van der Waals surface area contributed by atoms with Crippen LogP contribution in [0.5, 0.6) is 0 Å². The number of benzene rings is 1. The third kappa shape index (κ3) is 4.26. The first kappa shape index (κ1) is 14.9. The molecule has 1 saturated carbocycles. The van der Waals surface area contributed by atoms with Crippen molar-refractivity contribution in [3.63, 3.8) is 0 Å². The maximum atomic E-state index is 12.0. The lowest BCUT2D eigenvalue weighted by atomic mass is 9.81. The van der Waals surface area contributed by atoms with Gasteiger partial charge in [-0.05, 0) is 51.3 Å². The number of anilines is 1. The van der Waals surface area contributed by atoms with Crippen LogP contribution in [0.3, 0.4) is 0 Å². The van der Waals surface area contributed by atoms with Crippen molar-refractivity contribution in [1.29, 1.82) is 0 Å². The first-order valence-electron chi connectivity index (χ1n) is 7.72. The van der Waals surface area contributed by atoms with E-state index in [9.17, 15) is 4.79 Å². The molecule has 3 nitrogen and oxygen atoms in total. The van der Waals surface area contributed by atoms with E-state index in [-0.39, 0.29) is 11.9 Å². The second-order valence-electron chi connectivity index (χ2n) is 6.29. The molecule has 1 unspecified atom stereocenters. The maximum absolute atomic E-state index is 12.0. The van der Waals surface area contributed by atoms with Crippen LogP contribution in [0, 0.1) is 5.92 Å². The second kappa shape index (κ2) is 6.78. The fourth-order valence-electron chi connectivity index (χ4n) is 2.67. The van der Waals surface area contributed by atoms with Gasteiger partial charge in [-0.3, -0.25) is 4.79 Å². The van der Waals surface area contributed by atoms with Crippen LogP contribution < -0.4 is 10.6 Å². The van der Waals surface area contributed by atoms with Gasteiger partial charge in [0.15, 0.2) is 0 Å². The van der Waals surface area contributed by atoms with E-state index in [1.807, 2.05) is 38.1 Å². The zero-order chi connectivity index (χ0) is 14.5. The summed E-state index contributed by atoms with van der Waals surface area (Å²) >= 11 is 0. The molecule has 0 aliphatic heterocycles. The van der Waals surface area contributed by atoms with Crippen molar-refractivity contribution in [2.75, 3.05) is 5.32 Å². The smallest absolute Gasteiger partial charge is 0.251 e. The highest BCUT2D eigenvalue weighted by Gasteiger charge is 2.19. The summed E-state index contributed by atoms with van der Waals surface area (Å²) in [5, 5.41) is 6.43. The van der Waals surface area contributed by atoms with Crippen molar-refractivity contribution in [2.24, 2.45) is 5.92 Å². The Morgan fingerprint density at radius 3 is 2.65 bits per heavy atom. The summed E-state index contributed by atoms with van der Waals surface area (Å²) in [5.74, 6) is 0.889. The van der Waals surface area contributed by atoms with E-state index in [2.05, 4.69) is 17.6 Å². The van der Waals surface area contributed by atoms with E-state index >= 15 is 0 Å². The van der Waals surface area contributed by atoms with E-state index in [4.69, 9.17) is 0 Å². The van der Waals surface area contributed by atoms with Gasteiger partial charge in [-0.2, -0.15) is 0 Å². The third-order valence-corrected chi connectivity index (χ3v) is 3.87. The Hall–Kier alpha value is -1.51. The molecule has 1 amide bonds. The van der Waals surface area contributed by atoms with Crippen molar-refractivity contribution >= 4 is 11.6 Å². The fourth-order valence-corrected chi connectivity index (χ4v) is 2.67. The Labute approximate surface area is 122 Å². The lowest BCUT2D eigenvalue weighted by Crippen LogP contribution is -2.30. The molecule has 1 aromatic rings. The van der Waals surface area contributed by atoms with Gasteiger partial charge >= 0.3 is 0 Å². The quantitative estimate of drug-likeness (QED) is 0.828. The first-order valence-corrected chi connectivity index (χ1v) is 7.72. The van der Waals surface area contributed by atoms with Crippen LogP contribution in [0.2, 0.25) is 0 Å². The zero-order valence-corrected chi connectivity index (χ0v) is 12.8. The normalized spacial score (nSPS) is 16.6. The van der Waals surface area contributed by atoms with E-state index in [1.165, 1.54) is 25.7 Å². The molecule has 2 N–H and O–H groups in total. The molecule has 0 heterocycles. The molecule has 1 aliphatic rings. The van der Waals surface area contributed by atoms with Gasteiger partial charge in [-0.25, -0.2) is 0 Å². The monoisotopic (exact) mass is 274 g/mol. The number of hydrogen-bond donors (Lipinski definition) is 2. The maximum Gasteiger partial charge on any atom is 0.251 e. The van der Waals surface area contributed by atoms with Gasteiger partial charge in [-0.15, -0.1) is 0 Å².